The first-order valence-electron chi connectivity index (χ1n) is 15.3. The molecule has 3 heterocycles. The predicted molar refractivity (Wildman–Crippen MR) is 157 cm³/mol. The number of carbonyl (C=O) groups is 3. The van der Waals surface area contributed by atoms with E-state index in [0.717, 1.165) is 38.6 Å². The molecule has 9 nitrogen and oxygen atoms in total. The van der Waals surface area contributed by atoms with Crippen LogP contribution in [0.15, 0.2) is 36.4 Å². The van der Waals surface area contributed by atoms with Gasteiger partial charge in [-0.25, -0.2) is 0 Å². The van der Waals surface area contributed by atoms with Gasteiger partial charge < -0.3 is 29.9 Å². The maximum Gasteiger partial charge on any atom is 0.246 e. The largest absolute Gasteiger partial charge is 0.497 e. The fourth-order valence-corrected chi connectivity index (χ4v) is 7.27. The summed E-state index contributed by atoms with van der Waals surface area (Å²) in [7, 11) is 3.63. The average Bonchev–Trinajstić information content (AvgIpc) is 3.60. The summed E-state index contributed by atoms with van der Waals surface area (Å²) in [4.78, 5) is 45.9. The van der Waals surface area contributed by atoms with E-state index in [1.807, 2.05) is 19.2 Å². The number of methoxy groups -OCH3 is 1. The molecular formula is C32H46N4O5. The second-order valence-corrected chi connectivity index (χ2v) is 12.5. The number of anilines is 1. The van der Waals surface area contributed by atoms with E-state index < -0.39 is 29.6 Å². The SMILES string of the molecule is CCCCN(C)CCN1C(=O)[C@@H]2[C@H](C(=O)Nc3ccc(OC)cc3)[C@@H]3C=C[C@@]2(O3)[C@@H]1C(=O)N[C@@H]1CCC[C@H](C)[C@H]1C. The molecule has 224 valence electrons. The van der Waals surface area contributed by atoms with Gasteiger partial charge >= 0.3 is 0 Å². The van der Waals surface area contributed by atoms with Crippen LogP contribution in [-0.2, 0) is 19.1 Å². The van der Waals surface area contributed by atoms with E-state index in [4.69, 9.17) is 9.47 Å². The van der Waals surface area contributed by atoms with Crippen LogP contribution in [-0.4, -0.2) is 85.1 Å². The molecular weight excluding hydrogens is 520 g/mol. The maximum absolute atomic E-state index is 14.2. The first kappa shape index (κ1) is 29.6. The Kier molecular flexibility index (Phi) is 8.76. The Morgan fingerprint density at radius 3 is 2.61 bits per heavy atom. The van der Waals surface area contributed by atoms with Crippen molar-refractivity contribution in [3.05, 3.63) is 36.4 Å². The van der Waals surface area contributed by atoms with Gasteiger partial charge in [0.05, 0.1) is 25.0 Å². The van der Waals surface area contributed by atoms with Crippen LogP contribution in [0.1, 0.15) is 52.9 Å². The van der Waals surface area contributed by atoms with E-state index in [1.165, 1.54) is 0 Å². The summed E-state index contributed by atoms with van der Waals surface area (Å²) in [6.45, 7) is 8.57. The number of likely N-dealkylation sites (tertiary alicyclic amines) is 1. The van der Waals surface area contributed by atoms with Crippen molar-refractivity contribution in [3.8, 4) is 5.75 Å². The molecule has 0 aromatic heterocycles. The minimum atomic E-state index is -1.15. The highest BCUT2D eigenvalue weighted by Gasteiger charge is 2.72. The zero-order chi connectivity index (χ0) is 29.3. The zero-order valence-electron chi connectivity index (χ0n) is 25.1. The Hall–Kier alpha value is -2.91. The van der Waals surface area contributed by atoms with Gasteiger partial charge in [0, 0.05) is 24.8 Å². The van der Waals surface area contributed by atoms with Crippen LogP contribution in [0.2, 0.25) is 0 Å². The minimum Gasteiger partial charge on any atom is -0.497 e. The van der Waals surface area contributed by atoms with Crippen molar-refractivity contribution in [3.63, 3.8) is 0 Å². The highest BCUT2D eigenvalue weighted by molar-refractivity contribution is 6.02. The number of rotatable bonds is 11. The molecule has 5 rings (SSSR count). The summed E-state index contributed by atoms with van der Waals surface area (Å²) in [5, 5.41) is 6.30. The molecule has 2 bridgehead atoms. The fraction of sp³-hybridized carbons (Fsp3) is 0.656. The van der Waals surface area contributed by atoms with Gasteiger partial charge in [0.1, 0.15) is 17.4 Å². The third-order valence-corrected chi connectivity index (χ3v) is 9.93. The number of ether oxygens (including phenoxy) is 2. The molecule has 3 aliphatic heterocycles. The van der Waals surface area contributed by atoms with Gasteiger partial charge in [-0.2, -0.15) is 0 Å². The summed E-state index contributed by atoms with van der Waals surface area (Å²) >= 11 is 0. The van der Waals surface area contributed by atoms with E-state index in [1.54, 1.807) is 36.3 Å². The molecule has 1 aromatic rings. The van der Waals surface area contributed by atoms with E-state index in [9.17, 15) is 14.4 Å². The van der Waals surface area contributed by atoms with Gasteiger partial charge in [0.2, 0.25) is 17.7 Å². The number of likely N-dealkylation sites (N-methyl/N-ethyl adjacent to an activating group) is 1. The number of nitrogens with one attached hydrogen (secondary N) is 2. The van der Waals surface area contributed by atoms with E-state index in [2.05, 4.69) is 36.3 Å². The van der Waals surface area contributed by atoms with Crippen molar-refractivity contribution in [2.24, 2.45) is 23.7 Å². The molecule has 1 spiro atoms. The van der Waals surface area contributed by atoms with Crippen LogP contribution >= 0.6 is 0 Å². The Morgan fingerprint density at radius 2 is 1.90 bits per heavy atom. The lowest BCUT2D eigenvalue weighted by atomic mass is 9.73. The van der Waals surface area contributed by atoms with Crippen molar-refractivity contribution < 1.29 is 23.9 Å². The van der Waals surface area contributed by atoms with Gasteiger partial charge in [-0.1, -0.05) is 52.2 Å². The highest BCUT2D eigenvalue weighted by atomic mass is 16.5. The molecule has 9 heteroatoms. The zero-order valence-corrected chi connectivity index (χ0v) is 25.1. The van der Waals surface area contributed by atoms with Crippen molar-refractivity contribution in [2.45, 2.75) is 76.7 Å². The predicted octanol–water partition coefficient (Wildman–Crippen LogP) is 3.46. The second kappa shape index (κ2) is 12.1. The summed E-state index contributed by atoms with van der Waals surface area (Å²) in [6, 6.07) is 6.34. The first-order chi connectivity index (χ1) is 19.7. The molecule has 1 aromatic carbocycles. The van der Waals surface area contributed by atoms with Crippen LogP contribution in [0.3, 0.4) is 0 Å². The van der Waals surface area contributed by atoms with Crippen molar-refractivity contribution >= 4 is 23.4 Å². The van der Waals surface area contributed by atoms with Crippen molar-refractivity contribution in [1.29, 1.82) is 0 Å². The molecule has 3 fully saturated rings. The lowest BCUT2D eigenvalue weighted by molar-refractivity contribution is -0.141. The number of carbonyl (C=O) groups excluding carboxylic acids is 3. The second-order valence-electron chi connectivity index (χ2n) is 12.5. The third kappa shape index (κ3) is 5.50. The summed E-state index contributed by atoms with van der Waals surface area (Å²) in [5.74, 6) is -0.541. The highest BCUT2D eigenvalue weighted by Crippen LogP contribution is 2.55. The third-order valence-electron chi connectivity index (χ3n) is 9.93. The van der Waals surface area contributed by atoms with Gasteiger partial charge in [-0.15, -0.1) is 0 Å². The molecule has 3 amide bonds. The number of hydrogen-bond donors (Lipinski definition) is 2. The number of nitrogens with zero attached hydrogens (tertiary/aromatic N) is 2. The molecule has 0 radical (unpaired) electrons. The number of benzene rings is 1. The maximum atomic E-state index is 14.2. The molecule has 8 atom stereocenters. The standard InChI is InChI=1S/C32H46N4O5/c1-6-7-17-35(4)18-19-36-28(30(38)34-24-10-8-9-20(2)21(24)3)32-16-15-25(41-32)26(27(32)31(36)39)29(37)33-22-11-13-23(40-5)14-12-22/h11-16,20-21,24-28H,6-10,17-19H2,1-5H3,(H,33,37)(H,34,38)/t20-,21+,24+,25-,26+,27-,28-,32-/m0/s1. The first-order valence-corrected chi connectivity index (χ1v) is 15.3. The molecule has 2 N–H and O–H groups in total. The lowest BCUT2D eigenvalue weighted by Crippen LogP contribution is -2.58. The number of amides is 3. The Labute approximate surface area is 244 Å². The van der Waals surface area contributed by atoms with Crippen LogP contribution in [0, 0.1) is 23.7 Å². The van der Waals surface area contributed by atoms with E-state index in [0.29, 0.717) is 36.4 Å². The van der Waals surface area contributed by atoms with E-state index in [-0.39, 0.29) is 23.8 Å². The average molecular weight is 567 g/mol. The lowest BCUT2D eigenvalue weighted by Gasteiger charge is -2.38. The number of fused-ring (bicyclic) bond motifs is 1. The van der Waals surface area contributed by atoms with Crippen LogP contribution in [0.4, 0.5) is 5.69 Å². The van der Waals surface area contributed by atoms with Crippen LogP contribution in [0.5, 0.6) is 5.75 Å². The minimum absolute atomic E-state index is 0.0580. The molecule has 1 aliphatic carbocycles. The van der Waals surface area contributed by atoms with Gasteiger partial charge in [-0.3, -0.25) is 14.4 Å². The molecule has 41 heavy (non-hydrogen) atoms. The Bertz CT molecular complexity index is 1160. The quantitative estimate of drug-likeness (QED) is 0.398. The van der Waals surface area contributed by atoms with Crippen LogP contribution in [0.25, 0.3) is 0 Å². The molecule has 2 saturated heterocycles. The fourth-order valence-electron chi connectivity index (χ4n) is 7.27. The number of unbranched alkanes of at least 4 members (excludes halogenated alkanes) is 1. The van der Waals surface area contributed by atoms with Gasteiger partial charge in [0.15, 0.2) is 0 Å². The summed E-state index contributed by atoms with van der Waals surface area (Å²) in [5.41, 5.74) is -0.537. The topological polar surface area (TPSA) is 100 Å². The van der Waals surface area contributed by atoms with E-state index >= 15 is 0 Å². The normalized spacial score (nSPS) is 33.8. The van der Waals surface area contributed by atoms with Crippen molar-refractivity contribution in [2.75, 3.05) is 39.1 Å². The molecule has 1 saturated carbocycles. The summed E-state index contributed by atoms with van der Waals surface area (Å²) in [6.07, 6.45) is 8.52. The molecule has 0 unspecified atom stereocenters. The monoisotopic (exact) mass is 566 g/mol. The van der Waals surface area contributed by atoms with Gasteiger partial charge in [0.25, 0.3) is 0 Å². The molecule has 4 aliphatic rings. The summed E-state index contributed by atoms with van der Waals surface area (Å²) < 4.78 is 11.7. The Balaban J connectivity index is 1.40. The van der Waals surface area contributed by atoms with Gasteiger partial charge in [-0.05, 0) is 62.5 Å². The smallest absolute Gasteiger partial charge is 0.246 e. The number of hydrogen-bond acceptors (Lipinski definition) is 6. The Morgan fingerprint density at radius 1 is 1.15 bits per heavy atom. The van der Waals surface area contributed by atoms with Crippen molar-refractivity contribution in [1.82, 2.24) is 15.1 Å². The van der Waals surface area contributed by atoms with Crippen LogP contribution < -0.4 is 15.4 Å².